The van der Waals surface area contributed by atoms with Gasteiger partial charge in [0, 0.05) is 11.4 Å². The monoisotopic (exact) mass is 403 g/mol. The van der Waals surface area contributed by atoms with Crippen molar-refractivity contribution >= 4 is 29.5 Å². The maximum absolute atomic E-state index is 12.3. The van der Waals surface area contributed by atoms with E-state index in [2.05, 4.69) is 10.6 Å². The molecular formula is C20H22ClN3O4. The molecule has 0 saturated carbocycles. The third-order valence-corrected chi connectivity index (χ3v) is 4.19. The Hall–Kier alpha value is -3.06. The van der Waals surface area contributed by atoms with E-state index in [0.717, 1.165) is 11.1 Å². The summed E-state index contributed by atoms with van der Waals surface area (Å²) in [5, 5.41) is 5.63. The Labute approximate surface area is 168 Å². The highest BCUT2D eigenvalue weighted by Crippen LogP contribution is 2.17. The second-order valence-electron chi connectivity index (χ2n) is 6.20. The Morgan fingerprint density at radius 3 is 2.43 bits per heavy atom. The van der Waals surface area contributed by atoms with Crippen LogP contribution in [0.4, 0.5) is 4.79 Å². The number of halogens is 1. The van der Waals surface area contributed by atoms with E-state index in [0.29, 0.717) is 5.02 Å². The second-order valence-corrected chi connectivity index (χ2v) is 6.64. The molecule has 0 fully saturated rings. The van der Waals surface area contributed by atoms with Crippen LogP contribution in [0.25, 0.3) is 0 Å². The van der Waals surface area contributed by atoms with E-state index in [1.807, 2.05) is 36.4 Å². The predicted molar refractivity (Wildman–Crippen MR) is 106 cm³/mol. The second kappa shape index (κ2) is 10.3. The van der Waals surface area contributed by atoms with E-state index in [9.17, 15) is 14.4 Å². The SMILES string of the molecule is C[C@@H](NC(=O)COC(=O)[C@H](Cc1ccccc1)NC(N)=O)c1cccc(Cl)c1. The molecule has 2 atom stereocenters. The van der Waals surface area contributed by atoms with Crippen molar-refractivity contribution in [2.75, 3.05) is 6.61 Å². The van der Waals surface area contributed by atoms with Crippen molar-refractivity contribution in [3.63, 3.8) is 0 Å². The van der Waals surface area contributed by atoms with Gasteiger partial charge in [-0.05, 0) is 30.2 Å². The average molecular weight is 404 g/mol. The fourth-order valence-corrected chi connectivity index (χ4v) is 2.79. The van der Waals surface area contributed by atoms with Crippen molar-refractivity contribution < 1.29 is 19.1 Å². The van der Waals surface area contributed by atoms with E-state index in [-0.39, 0.29) is 12.5 Å². The van der Waals surface area contributed by atoms with Gasteiger partial charge in [-0.1, -0.05) is 54.1 Å². The Balaban J connectivity index is 1.89. The molecule has 2 aromatic carbocycles. The lowest BCUT2D eigenvalue weighted by molar-refractivity contribution is -0.150. The van der Waals surface area contributed by atoms with Crippen LogP contribution in [0, 0.1) is 0 Å². The first-order chi connectivity index (χ1) is 13.3. The molecule has 0 saturated heterocycles. The van der Waals surface area contributed by atoms with Crippen LogP contribution in [0.5, 0.6) is 0 Å². The first-order valence-electron chi connectivity index (χ1n) is 8.66. The number of nitrogens with two attached hydrogens (primary N) is 1. The molecule has 28 heavy (non-hydrogen) atoms. The molecule has 0 bridgehead atoms. The molecule has 0 radical (unpaired) electrons. The van der Waals surface area contributed by atoms with Gasteiger partial charge in [-0.2, -0.15) is 0 Å². The van der Waals surface area contributed by atoms with Crippen molar-refractivity contribution in [2.24, 2.45) is 5.73 Å². The van der Waals surface area contributed by atoms with Crippen LogP contribution in [0.3, 0.4) is 0 Å². The summed E-state index contributed by atoms with van der Waals surface area (Å²) in [4.78, 5) is 35.6. The van der Waals surface area contributed by atoms with Gasteiger partial charge in [0.2, 0.25) is 0 Å². The molecule has 7 nitrogen and oxygen atoms in total. The minimum Gasteiger partial charge on any atom is -0.454 e. The van der Waals surface area contributed by atoms with Crippen molar-refractivity contribution in [3.05, 3.63) is 70.7 Å². The standard InChI is InChI=1S/C20H22ClN3O4/c1-13(15-8-5-9-16(21)11-15)23-18(25)12-28-19(26)17(24-20(22)27)10-14-6-3-2-4-7-14/h2-9,11,13,17H,10,12H2,1H3,(H,23,25)(H3,22,24,27)/t13-,17+/m1/s1. The summed E-state index contributed by atoms with van der Waals surface area (Å²) in [5.41, 5.74) is 6.78. The van der Waals surface area contributed by atoms with Crippen LogP contribution < -0.4 is 16.4 Å². The van der Waals surface area contributed by atoms with Crippen molar-refractivity contribution in [3.8, 4) is 0 Å². The number of hydrogen-bond donors (Lipinski definition) is 3. The van der Waals surface area contributed by atoms with Gasteiger partial charge in [0.25, 0.3) is 5.91 Å². The molecule has 4 N–H and O–H groups in total. The average Bonchev–Trinajstić information content (AvgIpc) is 2.66. The maximum Gasteiger partial charge on any atom is 0.329 e. The maximum atomic E-state index is 12.3. The number of nitrogens with one attached hydrogen (secondary N) is 2. The Kier molecular flexibility index (Phi) is 7.83. The fraction of sp³-hybridized carbons (Fsp3) is 0.250. The van der Waals surface area contributed by atoms with Gasteiger partial charge < -0.3 is 21.1 Å². The number of carbonyl (C=O) groups is 3. The van der Waals surface area contributed by atoms with Gasteiger partial charge in [-0.25, -0.2) is 9.59 Å². The smallest absolute Gasteiger partial charge is 0.329 e. The normalized spacial score (nSPS) is 12.5. The molecule has 0 unspecified atom stereocenters. The largest absolute Gasteiger partial charge is 0.454 e. The molecule has 0 aliphatic carbocycles. The summed E-state index contributed by atoms with van der Waals surface area (Å²) in [6, 6.07) is 14.0. The third kappa shape index (κ3) is 6.92. The molecule has 148 valence electrons. The van der Waals surface area contributed by atoms with E-state index in [1.165, 1.54) is 0 Å². The highest BCUT2D eigenvalue weighted by Gasteiger charge is 2.23. The number of benzene rings is 2. The third-order valence-electron chi connectivity index (χ3n) is 3.96. The first kappa shape index (κ1) is 21.2. The van der Waals surface area contributed by atoms with E-state index in [4.69, 9.17) is 22.1 Å². The van der Waals surface area contributed by atoms with Gasteiger partial charge in [0.05, 0.1) is 6.04 Å². The van der Waals surface area contributed by atoms with E-state index >= 15 is 0 Å². The summed E-state index contributed by atoms with van der Waals surface area (Å²) >= 11 is 5.94. The molecule has 2 aromatic rings. The Morgan fingerprint density at radius 1 is 1.07 bits per heavy atom. The Bertz CT molecular complexity index is 829. The molecular weight excluding hydrogens is 382 g/mol. The summed E-state index contributed by atoms with van der Waals surface area (Å²) in [6.45, 7) is 1.31. The van der Waals surface area contributed by atoms with Crippen molar-refractivity contribution in [2.45, 2.75) is 25.4 Å². The number of amides is 3. The fourth-order valence-electron chi connectivity index (χ4n) is 2.59. The van der Waals surface area contributed by atoms with Crippen molar-refractivity contribution in [1.82, 2.24) is 10.6 Å². The van der Waals surface area contributed by atoms with Crippen LogP contribution in [0.2, 0.25) is 5.02 Å². The molecule has 0 heterocycles. The molecule has 3 amide bonds. The zero-order valence-corrected chi connectivity index (χ0v) is 16.1. The van der Waals surface area contributed by atoms with Crippen molar-refractivity contribution in [1.29, 1.82) is 0 Å². The minimum atomic E-state index is -0.988. The molecule has 8 heteroatoms. The lowest BCUT2D eigenvalue weighted by Gasteiger charge is -2.18. The molecule has 0 aromatic heterocycles. The van der Waals surface area contributed by atoms with Gasteiger partial charge in [0.1, 0.15) is 6.04 Å². The summed E-state index contributed by atoms with van der Waals surface area (Å²) in [7, 11) is 0. The number of ether oxygens (including phenoxy) is 1. The number of rotatable bonds is 8. The molecule has 0 aliphatic rings. The summed E-state index contributed by atoms with van der Waals surface area (Å²) in [6.07, 6.45) is 0.198. The molecule has 0 spiro atoms. The van der Waals surface area contributed by atoms with Gasteiger partial charge in [0.15, 0.2) is 6.61 Å². The number of esters is 1. The lowest BCUT2D eigenvalue weighted by Crippen LogP contribution is -2.46. The zero-order chi connectivity index (χ0) is 20.5. The number of carbonyl (C=O) groups excluding carboxylic acids is 3. The molecule has 2 rings (SSSR count). The van der Waals surface area contributed by atoms with Gasteiger partial charge >= 0.3 is 12.0 Å². The Morgan fingerprint density at radius 2 is 1.79 bits per heavy atom. The highest BCUT2D eigenvalue weighted by molar-refractivity contribution is 6.30. The quantitative estimate of drug-likeness (QED) is 0.587. The summed E-state index contributed by atoms with van der Waals surface area (Å²) < 4.78 is 5.05. The minimum absolute atomic E-state index is 0.198. The summed E-state index contributed by atoms with van der Waals surface area (Å²) in [5.74, 6) is -1.22. The van der Waals surface area contributed by atoms with E-state index in [1.54, 1.807) is 25.1 Å². The topological polar surface area (TPSA) is 111 Å². The van der Waals surface area contributed by atoms with Gasteiger partial charge in [-0.3, -0.25) is 4.79 Å². The van der Waals surface area contributed by atoms with Crippen LogP contribution in [-0.2, 0) is 20.7 Å². The highest BCUT2D eigenvalue weighted by atomic mass is 35.5. The molecule has 0 aliphatic heterocycles. The number of primary amides is 1. The number of hydrogen-bond acceptors (Lipinski definition) is 4. The van der Waals surface area contributed by atoms with Crippen LogP contribution >= 0.6 is 11.6 Å². The van der Waals surface area contributed by atoms with Crippen LogP contribution in [-0.4, -0.2) is 30.6 Å². The first-order valence-corrected chi connectivity index (χ1v) is 9.04. The lowest BCUT2D eigenvalue weighted by atomic mass is 10.1. The zero-order valence-electron chi connectivity index (χ0n) is 15.4. The van der Waals surface area contributed by atoms with Gasteiger partial charge in [-0.15, -0.1) is 0 Å². The van der Waals surface area contributed by atoms with E-state index < -0.39 is 30.6 Å². The van der Waals surface area contributed by atoms with Crippen LogP contribution in [0.15, 0.2) is 54.6 Å². The number of urea groups is 1. The van der Waals surface area contributed by atoms with Crippen LogP contribution in [0.1, 0.15) is 24.1 Å². The predicted octanol–water partition coefficient (Wildman–Crippen LogP) is 2.34.